The van der Waals surface area contributed by atoms with E-state index < -0.39 is 0 Å². The van der Waals surface area contributed by atoms with Crippen molar-refractivity contribution in [3.63, 3.8) is 0 Å². The Morgan fingerprint density at radius 1 is 1.40 bits per heavy atom. The molecule has 2 rings (SSSR count). The van der Waals surface area contributed by atoms with Crippen LogP contribution in [0.3, 0.4) is 0 Å². The van der Waals surface area contributed by atoms with Crippen LogP contribution < -0.4 is 5.32 Å². The van der Waals surface area contributed by atoms with Crippen LogP contribution in [-0.4, -0.2) is 26.9 Å². The van der Waals surface area contributed by atoms with Crippen molar-refractivity contribution in [3.05, 3.63) is 24.4 Å². The van der Waals surface area contributed by atoms with Crippen LogP contribution in [0.1, 0.15) is 43.7 Å². The highest BCUT2D eigenvalue weighted by Crippen LogP contribution is 2.36. The van der Waals surface area contributed by atoms with E-state index in [1.165, 1.54) is 11.3 Å². The van der Waals surface area contributed by atoms with Crippen molar-refractivity contribution in [1.82, 2.24) is 20.3 Å². The minimum Gasteiger partial charge on any atom is -0.357 e. The summed E-state index contributed by atoms with van der Waals surface area (Å²) in [5, 5.41) is 16.1. The van der Waals surface area contributed by atoms with Crippen LogP contribution >= 0.6 is 23.1 Å². The zero-order valence-corrected chi connectivity index (χ0v) is 13.3. The average molecular weight is 311 g/mol. The van der Waals surface area contributed by atoms with Gasteiger partial charge in [0.05, 0.1) is 5.25 Å². The molecule has 2 aromatic heterocycles. The predicted molar refractivity (Wildman–Crippen MR) is 81.3 cm³/mol. The van der Waals surface area contributed by atoms with Crippen molar-refractivity contribution >= 4 is 28.2 Å². The first-order valence-electron chi connectivity index (χ1n) is 6.28. The SMILES string of the molecule is C=CCNc1nnc(SC(C)c2nc(C(C)C)no2)s1. The Labute approximate surface area is 126 Å². The molecule has 108 valence electrons. The molecule has 1 atom stereocenters. The lowest BCUT2D eigenvalue weighted by Gasteiger charge is -2.01. The van der Waals surface area contributed by atoms with Crippen LogP contribution in [0, 0.1) is 0 Å². The van der Waals surface area contributed by atoms with Crippen LogP contribution in [0.25, 0.3) is 0 Å². The molecule has 8 heteroatoms. The topological polar surface area (TPSA) is 76.7 Å². The fourth-order valence-electron chi connectivity index (χ4n) is 1.34. The number of aromatic nitrogens is 4. The van der Waals surface area contributed by atoms with Crippen LogP contribution in [0.2, 0.25) is 0 Å². The Kier molecular flexibility index (Phi) is 5.13. The maximum Gasteiger partial charge on any atom is 0.239 e. The normalized spacial score (nSPS) is 12.6. The quantitative estimate of drug-likeness (QED) is 0.619. The summed E-state index contributed by atoms with van der Waals surface area (Å²) in [6.07, 6.45) is 1.78. The first kappa shape index (κ1) is 15.0. The van der Waals surface area contributed by atoms with Gasteiger partial charge in [-0.25, -0.2) is 0 Å². The molecule has 0 aliphatic heterocycles. The minimum absolute atomic E-state index is 0.0511. The standard InChI is InChI=1S/C12H17N5OS2/c1-5-6-13-11-15-16-12(20-11)19-8(4)10-14-9(7(2)3)17-18-10/h5,7-8H,1,6H2,2-4H3,(H,13,15). The van der Waals surface area contributed by atoms with Crippen molar-refractivity contribution in [2.24, 2.45) is 0 Å². The van der Waals surface area contributed by atoms with Crippen LogP contribution in [0.4, 0.5) is 5.13 Å². The van der Waals surface area contributed by atoms with E-state index in [0.717, 1.165) is 15.3 Å². The molecular weight excluding hydrogens is 294 g/mol. The van der Waals surface area contributed by atoms with Gasteiger partial charge in [-0.15, -0.1) is 16.8 Å². The molecule has 0 aromatic carbocycles. The number of anilines is 1. The van der Waals surface area contributed by atoms with Gasteiger partial charge in [0, 0.05) is 12.5 Å². The molecule has 2 aromatic rings. The summed E-state index contributed by atoms with van der Waals surface area (Å²) in [7, 11) is 0. The van der Waals surface area contributed by atoms with E-state index in [9.17, 15) is 0 Å². The molecule has 2 heterocycles. The molecular formula is C12H17N5OS2. The summed E-state index contributed by atoms with van der Waals surface area (Å²) in [5.74, 6) is 1.62. The average Bonchev–Trinajstić information content (AvgIpc) is 3.05. The van der Waals surface area contributed by atoms with Gasteiger partial charge in [0.1, 0.15) is 0 Å². The van der Waals surface area contributed by atoms with Gasteiger partial charge in [-0.05, 0) is 6.92 Å². The largest absolute Gasteiger partial charge is 0.357 e. The third kappa shape index (κ3) is 3.80. The molecule has 0 fully saturated rings. The van der Waals surface area contributed by atoms with E-state index in [1.54, 1.807) is 17.8 Å². The minimum atomic E-state index is 0.0511. The lowest BCUT2D eigenvalue weighted by atomic mass is 10.2. The Morgan fingerprint density at radius 2 is 2.20 bits per heavy atom. The van der Waals surface area contributed by atoms with Gasteiger partial charge >= 0.3 is 0 Å². The summed E-state index contributed by atoms with van der Waals surface area (Å²) in [6.45, 7) is 10.4. The second kappa shape index (κ2) is 6.85. The number of thioether (sulfide) groups is 1. The molecule has 20 heavy (non-hydrogen) atoms. The van der Waals surface area contributed by atoms with Gasteiger partial charge in [0.25, 0.3) is 0 Å². The smallest absolute Gasteiger partial charge is 0.239 e. The van der Waals surface area contributed by atoms with E-state index in [0.29, 0.717) is 12.4 Å². The fraction of sp³-hybridized carbons (Fsp3) is 0.500. The molecule has 1 N–H and O–H groups in total. The number of hydrogen-bond donors (Lipinski definition) is 1. The lowest BCUT2D eigenvalue weighted by molar-refractivity contribution is 0.373. The van der Waals surface area contributed by atoms with Crippen LogP contribution in [0.15, 0.2) is 21.5 Å². The van der Waals surface area contributed by atoms with E-state index >= 15 is 0 Å². The fourth-order valence-corrected chi connectivity index (χ4v) is 3.27. The molecule has 0 bridgehead atoms. The summed E-state index contributed by atoms with van der Waals surface area (Å²) >= 11 is 3.06. The predicted octanol–water partition coefficient (Wildman–Crippen LogP) is 3.50. The van der Waals surface area contributed by atoms with E-state index in [-0.39, 0.29) is 11.2 Å². The summed E-state index contributed by atoms with van der Waals surface area (Å²) < 4.78 is 6.15. The van der Waals surface area contributed by atoms with E-state index in [2.05, 4.69) is 32.2 Å². The Balaban J connectivity index is 1.97. The zero-order chi connectivity index (χ0) is 14.5. The second-order valence-corrected chi connectivity index (χ2v) is 7.01. The van der Waals surface area contributed by atoms with Gasteiger partial charge < -0.3 is 9.84 Å². The van der Waals surface area contributed by atoms with Crippen molar-refractivity contribution in [1.29, 1.82) is 0 Å². The molecule has 0 aliphatic rings. The van der Waals surface area contributed by atoms with Crippen molar-refractivity contribution in [3.8, 4) is 0 Å². The van der Waals surface area contributed by atoms with Crippen LogP contribution in [-0.2, 0) is 0 Å². The summed E-state index contributed by atoms with van der Waals surface area (Å²) in [5.41, 5.74) is 0. The lowest BCUT2D eigenvalue weighted by Crippen LogP contribution is -1.96. The van der Waals surface area contributed by atoms with Gasteiger partial charge in [0.15, 0.2) is 10.2 Å². The Morgan fingerprint density at radius 3 is 2.85 bits per heavy atom. The highest BCUT2D eigenvalue weighted by molar-refractivity contribution is 8.01. The molecule has 0 saturated heterocycles. The number of nitrogens with one attached hydrogen (secondary N) is 1. The van der Waals surface area contributed by atoms with Gasteiger partial charge in [0.2, 0.25) is 11.0 Å². The highest BCUT2D eigenvalue weighted by atomic mass is 32.2. The number of rotatable bonds is 7. The van der Waals surface area contributed by atoms with Crippen molar-refractivity contribution < 1.29 is 4.52 Å². The van der Waals surface area contributed by atoms with Gasteiger partial charge in [-0.1, -0.05) is 48.2 Å². The number of hydrogen-bond acceptors (Lipinski definition) is 8. The zero-order valence-electron chi connectivity index (χ0n) is 11.7. The second-order valence-electron chi connectivity index (χ2n) is 4.45. The van der Waals surface area contributed by atoms with Gasteiger partial charge in [-0.2, -0.15) is 4.98 Å². The number of nitrogens with zero attached hydrogens (tertiary/aromatic N) is 4. The molecule has 0 saturated carbocycles. The molecule has 0 aliphatic carbocycles. The Bertz CT molecular complexity index is 566. The first-order chi connectivity index (χ1) is 9.60. The van der Waals surface area contributed by atoms with E-state index in [4.69, 9.17) is 4.52 Å². The van der Waals surface area contributed by atoms with Crippen molar-refractivity contribution in [2.75, 3.05) is 11.9 Å². The van der Waals surface area contributed by atoms with Crippen molar-refractivity contribution in [2.45, 2.75) is 36.3 Å². The third-order valence-corrected chi connectivity index (χ3v) is 4.46. The summed E-state index contributed by atoms with van der Waals surface area (Å²) in [4.78, 5) is 4.39. The molecule has 1 unspecified atom stereocenters. The first-order valence-corrected chi connectivity index (χ1v) is 7.98. The highest BCUT2D eigenvalue weighted by Gasteiger charge is 2.18. The maximum absolute atomic E-state index is 5.28. The molecule has 0 amide bonds. The monoisotopic (exact) mass is 311 g/mol. The molecule has 0 spiro atoms. The third-order valence-electron chi connectivity index (χ3n) is 2.40. The Hall–Kier alpha value is -1.41. The molecule has 0 radical (unpaired) electrons. The molecule has 6 nitrogen and oxygen atoms in total. The van der Waals surface area contributed by atoms with Crippen LogP contribution in [0.5, 0.6) is 0 Å². The van der Waals surface area contributed by atoms with Gasteiger partial charge in [-0.3, -0.25) is 0 Å². The maximum atomic E-state index is 5.28. The summed E-state index contributed by atoms with van der Waals surface area (Å²) in [6, 6.07) is 0. The van der Waals surface area contributed by atoms with E-state index in [1.807, 2.05) is 20.8 Å².